The molecule has 41 heavy (non-hydrogen) atoms. The highest BCUT2D eigenvalue weighted by atomic mass is 19.4. The molecular weight excluding hydrogens is 537 g/mol. The topological polar surface area (TPSA) is 106 Å². The summed E-state index contributed by atoms with van der Waals surface area (Å²) in [5.74, 6) is -0.173. The molecule has 2 N–H and O–H groups in total. The Morgan fingerprint density at radius 1 is 1.00 bits per heavy atom. The van der Waals surface area contributed by atoms with Gasteiger partial charge in [-0.2, -0.15) is 13.2 Å². The van der Waals surface area contributed by atoms with E-state index in [2.05, 4.69) is 15.3 Å². The second kappa shape index (κ2) is 12.1. The van der Waals surface area contributed by atoms with Crippen molar-refractivity contribution in [3.05, 3.63) is 89.0 Å². The maximum Gasteiger partial charge on any atom is 0.433 e. The fourth-order valence-electron chi connectivity index (χ4n) is 5.08. The molecule has 4 aromatic rings. The number of benzene rings is 2. The average molecular weight is 567 g/mol. The molecule has 0 spiro atoms. The molecule has 11 heteroatoms. The summed E-state index contributed by atoms with van der Waals surface area (Å²) in [6, 6.07) is 16.1. The maximum absolute atomic E-state index is 13.1. The van der Waals surface area contributed by atoms with Gasteiger partial charge in [0.25, 0.3) is 5.91 Å². The molecule has 1 saturated carbocycles. The van der Waals surface area contributed by atoms with Crippen LogP contribution in [0.4, 0.5) is 18.9 Å². The number of carbonyl (C=O) groups excluding carboxylic acids is 2. The molecule has 1 fully saturated rings. The molecule has 0 aliphatic heterocycles. The Kier molecular flexibility index (Phi) is 8.34. The molecular formula is C30H29F3N4O4. The van der Waals surface area contributed by atoms with Crippen molar-refractivity contribution in [1.82, 2.24) is 15.0 Å². The highest BCUT2D eigenvalue weighted by molar-refractivity contribution is 6.09. The molecule has 8 nitrogen and oxygen atoms in total. The van der Waals surface area contributed by atoms with Crippen LogP contribution in [0.3, 0.4) is 0 Å². The van der Waals surface area contributed by atoms with Crippen LogP contribution in [0.15, 0.2) is 60.7 Å². The minimum atomic E-state index is -4.70. The summed E-state index contributed by atoms with van der Waals surface area (Å²) in [5.41, 5.74) is 0.712. The average Bonchev–Trinajstić information content (AvgIpc) is 3.40. The third-order valence-corrected chi connectivity index (χ3v) is 7.26. The Labute approximate surface area is 234 Å². The molecule has 214 valence electrons. The smallest absolute Gasteiger partial charge is 0.433 e. The number of amides is 1. The molecule has 1 amide bonds. The number of pyridine rings is 1. The molecule has 0 saturated heterocycles. The SMILES string of the molecule is COC(=O)c1cc2nc(C3CCC(COCc4ccccc4)CC3)[nH]c2cc1NC(=O)c1cccc(C(F)(F)F)n1. The van der Waals surface area contributed by atoms with Gasteiger partial charge in [-0.1, -0.05) is 36.4 Å². The quantitative estimate of drug-likeness (QED) is 0.236. The third-order valence-electron chi connectivity index (χ3n) is 7.26. The largest absolute Gasteiger partial charge is 0.465 e. The predicted molar refractivity (Wildman–Crippen MR) is 145 cm³/mol. The first-order valence-electron chi connectivity index (χ1n) is 13.3. The van der Waals surface area contributed by atoms with Crippen molar-refractivity contribution < 1.29 is 32.2 Å². The number of aromatic amines is 1. The number of hydrogen-bond acceptors (Lipinski definition) is 6. The van der Waals surface area contributed by atoms with Gasteiger partial charge in [0.05, 0.1) is 36.0 Å². The number of hydrogen-bond donors (Lipinski definition) is 2. The zero-order valence-corrected chi connectivity index (χ0v) is 22.3. The summed E-state index contributed by atoms with van der Waals surface area (Å²) in [5, 5.41) is 2.51. The van der Waals surface area contributed by atoms with Crippen LogP contribution in [0.2, 0.25) is 0 Å². The fraction of sp³-hybridized carbons (Fsp3) is 0.333. The van der Waals surface area contributed by atoms with Gasteiger partial charge in [-0.25, -0.2) is 14.8 Å². The van der Waals surface area contributed by atoms with Gasteiger partial charge in [-0.15, -0.1) is 0 Å². The first-order valence-corrected chi connectivity index (χ1v) is 13.3. The van der Waals surface area contributed by atoms with Crippen molar-refractivity contribution in [1.29, 1.82) is 0 Å². The van der Waals surface area contributed by atoms with E-state index in [1.165, 1.54) is 19.2 Å². The van der Waals surface area contributed by atoms with Crippen molar-refractivity contribution >= 4 is 28.6 Å². The standard InChI is InChI=1S/C30H29F3N4O4/c1-40-29(39)21-14-24-25(15-23(21)37-28(38)22-8-5-9-26(34-22)30(31,32)33)36-27(35-24)20-12-10-19(11-13-20)17-41-16-18-6-3-2-4-7-18/h2-9,14-15,19-20H,10-13,16-17H2,1H3,(H,35,36)(H,37,38). The van der Waals surface area contributed by atoms with E-state index >= 15 is 0 Å². The van der Waals surface area contributed by atoms with Crippen molar-refractivity contribution in [3.63, 3.8) is 0 Å². The lowest BCUT2D eigenvalue weighted by atomic mass is 9.82. The number of carbonyl (C=O) groups is 2. The number of nitrogens with one attached hydrogen (secondary N) is 2. The normalized spacial score (nSPS) is 17.4. The van der Waals surface area contributed by atoms with Gasteiger partial charge in [-0.3, -0.25) is 4.79 Å². The van der Waals surface area contributed by atoms with Crippen LogP contribution >= 0.6 is 0 Å². The van der Waals surface area contributed by atoms with Crippen LogP contribution < -0.4 is 5.32 Å². The summed E-state index contributed by atoms with van der Waals surface area (Å²) < 4.78 is 50.0. The molecule has 2 heterocycles. The van der Waals surface area contributed by atoms with E-state index in [0.29, 0.717) is 30.2 Å². The number of methoxy groups -OCH3 is 1. The van der Waals surface area contributed by atoms with Gasteiger partial charge in [0.2, 0.25) is 0 Å². The Morgan fingerprint density at radius 3 is 2.46 bits per heavy atom. The lowest BCUT2D eigenvalue weighted by Gasteiger charge is -2.27. The molecule has 5 rings (SSSR count). The molecule has 0 unspecified atom stereocenters. The number of fused-ring (bicyclic) bond motifs is 1. The number of anilines is 1. The molecule has 1 aliphatic rings. The van der Waals surface area contributed by atoms with Crippen LogP contribution in [-0.2, 0) is 22.3 Å². The summed E-state index contributed by atoms with van der Waals surface area (Å²) in [6.45, 7) is 1.30. The van der Waals surface area contributed by atoms with Crippen molar-refractivity contribution in [2.45, 2.75) is 44.4 Å². The van der Waals surface area contributed by atoms with Crippen molar-refractivity contribution in [3.8, 4) is 0 Å². The number of halogens is 3. The van der Waals surface area contributed by atoms with E-state index in [-0.39, 0.29) is 17.2 Å². The van der Waals surface area contributed by atoms with Crippen molar-refractivity contribution in [2.75, 3.05) is 19.0 Å². The first-order chi connectivity index (χ1) is 19.7. The lowest BCUT2D eigenvalue weighted by molar-refractivity contribution is -0.141. The van der Waals surface area contributed by atoms with E-state index in [4.69, 9.17) is 14.5 Å². The van der Waals surface area contributed by atoms with E-state index in [9.17, 15) is 22.8 Å². The van der Waals surface area contributed by atoms with Gasteiger partial charge in [0.1, 0.15) is 17.2 Å². The number of rotatable bonds is 8. The molecule has 2 aromatic carbocycles. The van der Waals surface area contributed by atoms with Crippen LogP contribution in [0.25, 0.3) is 11.0 Å². The van der Waals surface area contributed by atoms with Crippen molar-refractivity contribution in [2.24, 2.45) is 5.92 Å². The summed E-state index contributed by atoms with van der Waals surface area (Å²) in [7, 11) is 1.20. The highest BCUT2D eigenvalue weighted by Crippen LogP contribution is 2.36. The number of aromatic nitrogens is 3. The summed E-state index contributed by atoms with van der Waals surface area (Å²) >= 11 is 0. The Morgan fingerprint density at radius 2 is 1.76 bits per heavy atom. The first kappa shape index (κ1) is 28.3. The fourth-order valence-corrected chi connectivity index (χ4v) is 5.08. The van der Waals surface area contributed by atoms with Crippen LogP contribution in [-0.4, -0.2) is 40.5 Å². The number of ether oxygens (including phenoxy) is 2. The predicted octanol–water partition coefficient (Wildman–Crippen LogP) is 6.51. The highest BCUT2D eigenvalue weighted by Gasteiger charge is 2.33. The number of H-pyrrole nitrogens is 1. The van der Waals surface area contributed by atoms with E-state index in [1.807, 2.05) is 30.3 Å². The minimum absolute atomic E-state index is 0.0256. The van der Waals surface area contributed by atoms with Gasteiger partial charge < -0.3 is 19.8 Å². The van der Waals surface area contributed by atoms with E-state index in [0.717, 1.165) is 55.3 Å². The molecule has 1 aliphatic carbocycles. The minimum Gasteiger partial charge on any atom is -0.465 e. The Hall–Kier alpha value is -4.25. The monoisotopic (exact) mass is 566 g/mol. The number of imidazole rings is 1. The van der Waals surface area contributed by atoms with Crippen LogP contribution in [0.1, 0.15) is 69.5 Å². The number of nitrogens with zero attached hydrogens (tertiary/aromatic N) is 2. The molecule has 0 atom stereocenters. The zero-order valence-electron chi connectivity index (χ0n) is 22.3. The van der Waals surface area contributed by atoms with Gasteiger partial charge >= 0.3 is 12.1 Å². The molecule has 0 bridgehead atoms. The Bertz CT molecular complexity index is 1530. The van der Waals surface area contributed by atoms with E-state index < -0.39 is 29.4 Å². The zero-order chi connectivity index (χ0) is 29.0. The van der Waals surface area contributed by atoms with Gasteiger partial charge in [0, 0.05) is 12.5 Å². The Balaban J connectivity index is 1.28. The number of esters is 1. The third kappa shape index (κ3) is 6.74. The van der Waals surface area contributed by atoms with Crippen LogP contribution in [0, 0.1) is 5.92 Å². The maximum atomic E-state index is 13.1. The lowest BCUT2D eigenvalue weighted by Crippen LogP contribution is -2.18. The summed E-state index contributed by atoms with van der Waals surface area (Å²) in [6.07, 6.45) is -0.862. The number of alkyl halides is 3. The molecule has 2 aromatic heterocycles. The van der Waals surface area contributed by atoms with Gasteiger partial charge in [0.15, 0.2) is 0 Å². The van der Waals surface area contributed by atoms with Gasteiger partial charge in [-0.05, 0) is 61.4 Å². The summed E-state index contributed by atoms with van der Waals surface area (Å²) in [4.78, 5) is 36.8. The van der Waals surface area contributed by atoms with E-state index in [1.54, 1.807) is 0 Å². The second-order valence-corrected chi connectivity index (χ2v) is 10.1. The molecule has 0 radical (unpaired) electrons. The van der Waals surface area contributed by atoms with Crippen LogP contribution in [0.5, 0.6) is 0 Å². The second-order valence-electron chi connectivity index (χ2n) is 10.1.